The zero-order valence-electron chi connectivity index (χ0n) is 8.14. The molecule has 0 fully saturated rings. The fourth-order valence-corrected chi connectivity index (χ4v) is 0.991. The van der Waals surface area contributed by atoms with Crippen molar-refractivity contribution >= 4 is 12.1 Å². The number of carboxylic acids is 1. The van der Waals surface area contributed by atoms with E-state index in [0.29, 0.717) is 13.0 Å². The second-order valence-corrected chi connectivity index (χ2v) is 3.00. The Morgan fingerprint density at radius 1 is 1.36 bits per heavy atom. The van der Waals surface area contributed by atoms with Crippen molar-refractivity contribution in [3.05, 3.63) is 0 Å². The Kier molecular flexibility index (Phi) is 5.62. The molecule has 0 saturated carbocycles. The van der Waals surface area contributed by atoms with Gasteiger partial charge in [-0.1, -0.05) is 6.92 Å². The highest BCUT2D eigenvalue weighted by Gasteiger charge is 2.15. The second kappa shape index (κ2) is 6.20. The molecular formula is C8H16N2O4. The standard InChI is InChI=1S/C8H16N2O4/c1-2-4-10(8(13)14)5-3-6(9)7(11)12/h6H,2-5,9H2,1H3,(H,11,12)(H,13,14)/t6-/m0/s1. The molecule has 6 nitrogen and oxygen atoms in total. The van der Waals surface area contributed by atoms with E-state index in [0.717, 1.165) is 0 Å². The number of carbonyl (C=O) groups is 2. The van der Waals surface area contributed by atoms with Crippen LogP contribution in [-0.2, 0) is 4.79 Å². The highest BCUT2D eigenvalue weighted by Crippen LogP contribution is 1.97. The van der Waals surface area contributed by atoms with E-state index in [1.54, 1.807) is 0 Å². The highest BCUT2D eigenvalue weighted by molar-refractivity contribution is 5.73. The summed E-state index contributed by atoms with van der Waals surface area (Å²) in [6, 6.07) is -0.992. The summed E-state index contributed by atoms with van der Waals surface area (Å²) >= 11 is 0. The van der Waals surface area contributed by atoms with Crippen LogP contribution >= 0.6 is 0 Å². The van der Waals surface area contributed by atoms with E-state index >= 15 is 0 Å². The lowest BCUT2D eigenvalue weighted by atomic mass is 10.2. The zero-order valence-corrected chi connectivity index (χ0v) is 8.14. The Balaban J connectivity index is 3.93. The molecule has 0 unspecified atom stereocenters. The predicted molar refractivity (Wildman–Crippen MR) is 50.1 cm³/mol. The topological polar surface area (TPSA) is 104 Å². The van der Waals surface area contributed by atoms with Crippen LogP contribution in [0, 0.1) is 0 Å². The minimum absolute atomic E-state index is 0.141. The Hall–Kier alpha value is -1.30. The van der Waals surface area contributed by atoms with Crippen LogP contribution in [0.3, 0.4) is 0 Å². The van der Waals surface area contributed by atoms with Crippen molar-refractivity contribution in [1.29, 1.82) is 0 Å². The van der Waals surface area contributed by atoms with Crippen molar-refractivity contribution in [2.75, 3.05) is 13.1 Å². The lowest BCUT2D eigenvalue weighted by Crippen LogP contribution is -2.38. The minimum Gasteiger partial charge on any atom is -0.480 e. The van der Waals surface area contributed by atoms with Gasteiger partial charge in [-0.2, -0.15) is 0 Å². The van der Waals surface area contributed by atoms with Gasteiger partial charge in [-0.05, 0) is 12.8 Å². The Labute approximate surface area is 82.3 Å². The Morgan fingerprint density at radius 3 is 2.29 bits per heavy atom. The summed E-state index contributed by atoms with van der Waals surface area (Å²) < 4.78 is 0. The summed E-state index contributed by atoms with van der Waals surface area (Å²) in [7, 11) is 0. The molecule has 6 heteroatoms. The normalized spacial score (nSPS) is 12.1. The van der Waals surface area contributed by atoms with Crippen molar-refractivity contribution in [1.82, 2.24) is 4.90 Å². The average Bonchev–Trinajstić information content (AvgIpc) is 2.10. The average molecular weight is 204 g/mol. The Morgan fingerprint density at radius 2 is 1.93 bits per heavy atom. The van der Waals surface area contributed by atoms with Crippen molar-refractivity contribution in [3.63, 3.8) is 0 Å². The smallest absolute Gasteiger partial charge is 0.407 e. The molecule has 0 radical (unpaired) electrons. The van der Waals surface area contributed by atoms with Crippen LogP contribution in [0.25, 0.3) is 0 Å². The molecule has 14 heavy (non-hydrogen) atoms. The molecule has 4 N–H and O–H groups in total. The number of amides is 1. The van der Waals surface area contributed by atoms with Crippen LogP contribution in [0.1, 0.15) is 19.8 Å². The number of carboxylic acid groups (broad SMARTS) is 2. The first-order chi connectivity index (χ1) is 6.49. The van der Waals surface area contributed by atoms with Crippen LogP contribution < -0.4 is 5.73 Å². The largest absolute Gasteiger partial charge is 0.480 e. The third-order valence-electron chi connectivity index (χ3n) is 1.79. The lowest BCUT2D eigenvalue weighted by molar-refractivity contribution is -0.138. The van der Waals surface area contributed by atoms with E-state index in [9.17, 15) is 9.59 Å². The van der Waals surface area contributed by atoms with Crippen LogP contribution in [0.4, 0.5) is 4.79 Å². The van der Waals surface area contributed by atoms with Gasteiger partial charge in [0.25, 0.3) is 0 Å². The molecule has 0 aromatic carbocycles. The molecular weight excluding hydrogens is 188 g/mol. The van der Waals surface area contributed by atoms with E-state index in [4.69, 9.17) is 15.9 Å². The lowest BCUT2D eigenvalue weighted by Gasteiger charge is -2.19. The number of aliphatic carboxylic acids is 1. The van der Waals surface area contributed by atoms with Gasteiger partial charge in [0.15, 0.2) is 0 Å². The highest BCUT2D eigenvalue weighted by atomic mass is 16.4. The molecule has 0 heterocycles. The predicted octanol–water partition coefficient (Wildman–Crippen LogP) is 0.178. The van der Waals surface area contributed by atoms with Gasteiger partial charge in [-0.25, -0.2) is 4.79 Å². The summed E-state index contributed by atoms with van der Waals surface area (Å²) in [5.74, 6) is -1.10. The Bertz CT molecular complexity index is 208. The van der Waals surface area contributed by atoms with Crippen LogP contribution in [0.5, 0.6) is 0 Å². The second-order valence-electron chi connectivity index (χ2n) is 3.00. The maximum absolute atomic E-state index is 10.6. The van der Waals surface area contributed by atoms with E-state index in [2.05, 4.69) is 0 Å². The zero-order chi connectivity index (χ0) is 11.1. The summed E-state index contributed by atoms with van der Waals surface area (Å²) in [6.45, 7) is 2.42. The summed E-state index contributed by atoms with van der Waals surface area (Å²) in [5, 5.41) is 17.2. The van der Waals surface area contributed by atoms with Gasteiger partial charge < -0.3 is 20.8 Å². The number of hydrogen-bond donors (Lipinski definition) is 3. The van der Waals surface area contributed by atoms with Crippen molar-refractivity contribution in [2.24, 2.45) is 5.73 Å². The van der Waals surface area contributed by atoms with Crippen molar-refractivity contribution < 1.29 is 19.8 Å². The quantitative estimate of drug-likeness (QED) is 0.572. The number of rotatable bonds is 6. The van der Waals surface area contributed by atoms with Gasteiger partial charge in [0.05, 0.1) is 0 Å². The van der Waals surface area contributed by atoms with Crippen LogP contribution in [0.2, 0.25) is 0 Å². The third kappa shape index (κ3) is 4.66. The molecule has 0 aromatic heterocycles. The van der Waals surface area contributed by atoms with Gasteiger partial charge in [-0.3, -0.25) is 4.79 Å². The molecule has 0 spiro atoms. The number of nitrogens with two attached hydrogens (primary N) is 1. The van der Waals surface area contributed by atoms with Crippen molar-refractivity contribution in [2.45, 2.75) is 25.8 Å². The molecule has 82 valence electrons. The van der Waals surface area contributed by atoms with Crippen LogP contribution in [0.15, 0.2) is 0 Å². The number of nitrogens with zero attached hydrogens (tertiary/aromatic N) is 1. The molecule has 0 aliphatic rings. The van der Waals surface area contributed by atoms with Crippen LogP contribution in [-0.4, -0.2) is 46.3 Å². The third-order valence-corrected chi connectivity index (χ3v) is 1.79. The maximum atomic E-state index is 10.6. The maximum Gasteiger partial charge on any atom is 0.407 e. The van der Waals surface area contributed by atoms with Gasteiger partial charge >= 0.3 is 12.1 Å². The first-order valence-electron chi connectivity index (χ1n) is 4.45. The molecule has 0 aromatic rings. The number of hydrogen-bond acceptors (Lipinski definition) is 3. The monoisotopic (exact) mass is 204 g/mol. The van der Waals surface area contributed by atoms with Gasteiger partial charge in [0.2, 0.25) is 0 Å². The molecule has 0 saturated heterocycles. The first-order valence-corrected chi connectivity index (χ1v) is 4.45. The summed E-state index contributed by atoms with van der Waals surface area (Å²) in [6.07, 6.45) is -0.194. The molecule has 1 atom stereocenters. The fourth-order valence-electron chi connectivity index (χ4n) is 0.991. The molecule has 0 bridgehead atoms. The minimum atomic E-state index is -1.10. The fraction of sp³-hybridized carbons (Fsp3) is 0.750. The first kappa shape index (κ1) is 12.7. The van der Waals surface area contributed by atoms with E-state index in [1.165, 1.54) is 4.90 Å². The molecule has 1 amide bonds. The van der Waals surface area contributed by atoms with Gasteiger partial charge in [0.1, 0.15) is 6.04 Å². The molecule has 0 aliphatic heterocycles. The summed E-state index contributed by atoms with van der Waals surface area (Å²) in [4.78, 5) is 22.1. The molecule has 0 aliphatic carbocycles. The van der Waals surface area contributed by atoms with Crippen molar-refractivity contribution in [3.8, 4) is 0 Å². The van der Waals surface area contributed by atoms with E-state index in [1.807, 2.05) is 6.92 Å². The van der Waals surface area contributed by atoms with Gasteiger partial charge in [0, 0.05) is 13.1 Å². The SMILES string of the molecule is CCCN(CC[C@H](N)C(=O)O)C(=O)O. The van der Waals surface area contributed by atoms with E-state index < -0.39 is 18.1 Å². The van der Waals surface area contributed by atoms with Gasteiger partial charge in [-0.15, -0.1) is 0 Å². The molecule has 0 rings (SSSR count). The van der Waals surface area contributed by atoms with E-state index in [-0.39, 0.29) is 13.0 Å². The summed E-state index contributed by atoms with van der Waals surface area (Å²) in [5.41, 5.74) is 5.24.